The SMILES string of the molecule is N#CCCn1c(SCc2ccc(Cl)c3cccnc23)nc2ccccc21. The molecule has 2 heterocycles. The molecule has 0 aliphatic heterocycles. The van der Waals surface area contributed by atoms with E-state index in [0.29, 0.717) is 18.0 Å². The fourth-order valence-electron chi connectivity index (χ4n) is 3.00. The van der Waals surface area contributed by atoms with Gasteiger partial charge < -0.3 is 4.57 Å². The van der Waals surface area contributed by atoms with Crippen molar-refractivity contribution in [3.63, 3.8) is 0 Å². The number of nitrogens with zero attached hydrogens (tertiary/aromatic N) is 4. The zero-order valence-corrected chi connectivity index (χ0v) is 15.5. The number of halogens is 1. The number of nitriles is 1. The highest BCUT2D eigenvalue weighted by Gasteiger charge is 2.12. The lowest BCUT2D eigenvalue weighted by atomic mass is 10.1. The van der Waals surface area contributed by atoms with Crippen LogP contribution in [-0.2, 0) is 12.3 Å². The molecule has 128 valence electrons. The number of rotatable bonds is 5. The van der Waals surface area contributed by atoms with Crippen LogP contribution in [0.3, 0.4) is 0 Å². The van der Waals surface area contributed by atoms with Gasteiger partial charge in [0.1, 0.15) is 0 Å². The van der Waals surface area contributed by atoms with E-state index in [9.17, 15) is 0 Å². The topological polar surface area (TPSA) is 54.5 Å². The van der Waals surface area contributed by atoms with Crippen LogP contribution in [0.2, 0.25) is 5.02 Å². The maximum absolute atomic E-state index is 8.97. The van der Waals surface area contributed by atoms with Crippen LogP contribution < -0.4 is 0 Å². The Bertz CT molecular complexity index is 1130. The Balaban J connectivity index is 1.68. The fourth-order valence-corrected chi connectivity index (χ4v) is 4.24. The lowest BCUT2D eigenvalue weighted by molar-refractivity contribution is 0.667. The van der Waals surface area contributed by atoms with Gasteiger partial charge in [0.2, 0.25) is 0 Å². The molecule has 0 saturated heterocycles. The molecule has 0 saturated carbocycles. The molecule has 0 aliphatic carbocycles. The van der Waals surface area contributed by atoms with Crippen LogP contribution >= 0.6 is 23.4 Å². The van der Waals surface area contributed by atoms with Gasteiger partial charge in [0.05, 0.1) is 29.0 Å². The largest absolute Gasteiger partial charge is 0.318 e. The van der Waals surface area contributed by atoms with E-state index in [2.05, 4.69) is 15.6 Å². The molecule has 26 heavy (non-hydrogen) atoms. The summed E-state index contributed by atoms with van der Waals surface area (Å²) in [5.74, 6) is 0.737. The van der Waals surface area contributed by atoms with Gasteiger partial charge in [-0.05, 0) is 35.9 Å². The Morgan fingerprint density at radius 1 is 1.12 bits per heavy atom. The number of aryl methyl sites for hydroxylation is 1. The minimum Gasteiger partial charge on any atom is -0.318 e. The summed E-state index contributed by atoms with van der Waals surface area (Å²) in [5.41, 5.74) is 4.05. The average Bonchev–Trinajstić information content (AvgIpc) is 3.03. The maximum atomic E-state index is 8.97. The normalized spacial score (nSPS) is 11.1. The highest BCUT2D eigenvalue weighted by atomic mass is 35.5. The molecule has 0 amide bonds. The van der Waals surface area contributed by atoms with E-state index >= 15 is 0 Å². The second-order valence-electron chi connectivity index (χ2n) is 5.84. The number of hydrogen-bond donors (Lipinski definition) is 0. The van der Waals surface area contributed by atoms with Gasteiger partial charge in [0.25, 0.3) is 0 Å². The van der Waals surface area contributed by atoms with E-state index < -0.39 is 0 Å². The first kappa shape index (κ1) is 16.9. The lowest BCUT2D eigenvalue weighted by Crippen LogP contribution is -1.99. The van der Waals surface area contributed by atoms with Crippen LogP contribution in [0.25, 0.3) is 21.9 Å². The van der Waals surface area contributed by atoms with Crippen molar-refractivity contribution in [1.29, 1.82) is 5.26 Å². The lowest BCUT2D eigenvalue weighted by Gasteiger charge is -2.09. The maximum Gasteiger partial charge on any atom is 0.169 e. The summed E-state index contributed by atoms with van der Waals surface area (Å²) in [6.07, 6.45) is 2.24. The van der Waals surface area contributed by atoms with E-state index in [4.69, 9.17) is 21.8 Å². The van der Waals surface area contributed by atoms with Crippen LogP contribution in [0.5, 0.6) is 0 Å². The predicted octanol–water partition coefficient (Wildman–Crippen LogP) is 5.44. The summed E-state index contributed by atoms with van der Waals surface area (Å²) >= 11 is 7.94. The summed E-state index contributed by atoms with van der Waals surface area (Å²) in [7, 11) is 0. The number of thioether (sulfide) groups is 1. The smallest absolute Gasteiger partial charge is 0.169 e. The Labute approximate surface area is 160 Å². The third-order valence-electron chi connectivity index (χ3n) is 4.22. The van der Waals surface area contributed by atoms with E-state index in [1.54, 1.807) is 18.0 Å². The number of pyridine rings is 1. The van der Waals surface area contributed by atoms with Crippen LogP contribution in [0, 0.1) is 11.3 Å². The molecule has 6 heteroatoms. The summed E-state index contributed by atoms with van der Waals surface area (Å²) < 4.78 is 2.12. The Kier molecular flexibility index (Phi) is 4.79. The van der Waals surface area contributed by atoms with Crippen LogP contribution in [0.1, 0.15) is 12.0 Å². The van der Waals surface area contributed by atoms with Gasteiger partial charge in [0, 0.05) is 28.9 Å². The average molecular weight is 379 g/mol. The van der Waals surface area contributed by atoms with E-state index in [1.807, 2.05) is 48.5 Å². The monoisotopic (exact) mass is 378 g/mol. The molecule has 0 radical (unpaired) electrons. The van der Waals surface area contributed by atoms with Crippen molar-refractivity contribution in [2.45, 2.75) is 23.9 Å². The molecule has 0 N–H and O–H groups in total. The van der Waals surface area contributed by atoms with Crippen molar-refractivity contribution in [3.05, 3.63) is 65.3 Å². The first-order valence-corrected chi connectivity index (χ1v) is 9.61. The molecule has 0 unspecified atom stereocenters. The molecule has 0 spiro atoms. The fraction of sp³-hybridized carbons (Fsp3) is 0.150. The minimum absolute atomic E-state index is 0.458. The van der Waals surface area contributed by atoms with Crippen molar-refractivity contribution < 1.29 is 0 Å². The van der Waals surface area contributed by atoms with Gasteiger partial charge in [-0.3, -0.25) is 4.98 Å². The van der Waals surface area contributed by atoms with Crippen LogP contribution in [-0.4, -0.2) is 14.5 Å². The summed E-state index contributed by atoms with van der Waals surface area (Å²) in [6, 6.07) is 18.1. The first-order valence-electron chi connectivity index (χ1n) is 8.25. The zero-order chi connectivity index (χ0) is 17.9. The highest BCUT2D eigenvalue weighted by molar-refractivity contribution is 7.98. The molecule has 0 bridgehead atoms. The Hall–Kier alpha value is -2.55. The molecule has 4 nitrogen and oxygen atoms in total. The van der Waals surface area contributed by atoms with E-state index in [-0.39, 0.29) is 0 Å². The molecule has 4 aromatic rings. The quantitative estimate of drug-likeness (QED) is 0.433. The number of hydrogen-bond acceptors (Lipinski definition) is 4. The van der Waals surface area contributed by atoms with Gasteiger partial charge in [-0.25, -0.2) is 4.98 Å². The minimum atomic E-state index is 0.458. The number of benzene rings is 2. The van der Waals surface area contributed by atoms with E-state index in [0.717, 1.165) is 38.4 Å². The molecular weight excluding hydrogens is 364 g/mol. The molecule has 0 fully saturated rings. The van der Waals surface area contributed by atoms with Gasteiger partial charge in [-0.2, -0.15) is 5.26 Å². The molecular formula is C20H15ClN4S. The summed E-state index contributed by atoms with van der Waals surface area (Å²) in [6.45, 7) is 0.638. The van der Waals surface area contributed by atoms with E-state index in [1.165, 1.54) is 0 Å². The molecule has 2 aromatic carbocycles. The Morgan fingerprint density at radius 2 is 2.00 bits per heavy atom. The van der Waals surface area contributed by atoms with Gasteiger partial charge in [0.15, 0.2) is 5.16 Å². The number of aromatic nitrogens is 3. The van der Waals surface area contributed by atoms with Crippen molar-refractivity contribution in [3.8, 4) is 6.07 Å². The molecule has 0 atom stereocenters. The number of para-hydroxylation sites is 2. The molecule has 2 aromatic heterocycles. The second-order valence-corrected chi connectivity index (χ2v) is 7.19. The van der Waals surface area contributed by atoms with Crippen molar-refractivity contribution in [2.75, 3.05) is 0 Å². The van der Waals surface area contributed by atoms with Gasteiger partial charge >= 0.3 is 0 Å². The van der Waals surface area contributed by atoms with Gasteiger partial charge in [-0.1, -0.05) is 41.6 Å². The summed E-state index contributed by atoms with van der Waals surface area (Å²) in [5, 5.41) is 11.6. The van der Waals surface area contributed by atoms with Crippen molar-refractivity contribution in [2.24, 2.45) is 0 Å². The third kappa shape index (κ3) is 3.14. The predicted molar refractivity (Wildman–Crippen MR) is 106 cm³/mol. The van der Waals surface area contributed by atoms with Crippen LogP contribution in [0.4, 0.5) is 0 Å². The summed E-state index contributed by atoms with van der Waals surface area (Å²) in [4.78, 5) is 9.25. The Morgan fingerprint density at radius 3 is 2.88 bits per heavy atom. The first-order chi connectivity index (χ1) is 12.8. The standard InChI is InChI=1S/C20H15ClN4S/c21-16-9-8-14(19-15(16)5-3-11-23-19)13-26-20-24-17-6-1-2-7-18(17)25(20)12-4-10-22/h1-3,5-9,11H,4,12-13H2. The number of fused-ring (bicyclic) bond motifs is 2. The second kappa shape index (κ2) is 7.36. The number of imidazole rings is 1. The third-order valence-corrected chi connectivity index (χ3v) is 5.58. The van der Waals surface area contributed by atoms with Crippen LogP contribution in [0.15, 0.2) is 59.9 Å². The molecule has 0 aliphatic rings. The highest BCUT2D eigenvalue weighted by Crippen LogP contribution is 2.31. The zero-order valence-electron chi connectivity index (χ0n) is 13.9. The van der Waals surface area contributed by atoms with Crippen molar-refractivity contribution >= 4 is 45.3 Å². The van der Waals surface area contributed by atoms with Crippen molar-refractivity contribution in [1.82, 2.24) is 14.5 Å². The molecule has 4 rings (SSSR count). The van der Waals surface area contributed by atoms with Gasteiger partial charge in [-0.15, -0.1) is 0 Å².